The van der Waals surface area contributed by atoms with Gasteiger partial charge in [0.05, 0.1) is 11.7 Å². The molecule has 4 aliphatic carbocycles. The molecule has 0 radical (unpaired) electrons. The zero-order valence-corrected chi connectivity index (χ0v) is 20.8. The van der Waals surface area contributed by atoms with Gasteiger partial charge in [-0.25, -0.2) is 0 Å². The highest BCUT2D eigenvalue weighted by molar-refractivity contribution is 5.10. The molecule has 0 saturated heterocycles. The summed E-state index contributed by atoms with van der Waals surface area (Å²) < 4.78 is 0. The summed E-state index contributed by atoms with van der Waals surface area (Å²) >= 11 is 0. The van der Waals surface area contributed by atoms with Gasteiger partial charge in [-0.3, -0.25) is 0 Å². The zero-order valence-electron chi connectivity index (χ0n) is 20.8. The number of rotatable bonds is 5. The van der Waals surface area contributed by atoms with Crippen molar-refractivity contribution in [3.63, 3.8) is 0 Å². The van der Waals surface area contributed by atoms with Crippen LogP contribution in [-0.2, 0) is 0 Å². The van der Waals surface area contributed by atoms with Gasteiger partial charge in [0.2, 0.25) is 0 Å². The van der Waals surface area contributed by atoms with Crippen LogP contribution in [0.2, 0.25) is 0 Å². The van der Waals surface area contributed by atoms with Crippen molar-refractivity contribution >= 4 is 0 Å². The summed E-state index contributed by atoms with van der Waals surface area (Å²) in [5, 5.41) is 21.0. The largest absolute Gasteiger partial charge is 0.393 e. The Balaban J connectivity index is 1.46. The lowest BCUT2D eigenvalue weighted by Gasteiger charge is -2.62. The normalized spacial score (nSPS) is 50.5. The number of fused-ring (bicyclic) bond motifs is 5. The summed E-state index contributed by atoms with van der Waals surface area (Å²) in [5.74, 6) is 5.43. The van der Waals surface area contributed by atoms with Gasteiger partial charge in [0.1, 0.15) is 0 Å². The summed E-state index contributed by atoms with van der Waals surface area (Å²) in [7, 11) is 0. The Morgan fingerprint density at radius 2 is 1.50 bits per heavy atom. The summed E-state index contributed by atoms with van der Waals surface area (Å²) in [6.07, 6.45) is 13.8. The van der Waals surface area contributed by atoms with Crippen LogP contribution in [0.5, 0.6) is 0 Å². The van der Waals surface area contributed by atoms with Crippen LogP contribution in [0.3, 0.4) is 0 Å². The van der Waals surface area contributed by atoms with E-state index in [1.807, 2.05) is 0 Å². The van der Waals surface area contributed by atoms with Crippen molar-refractivity contribution < 1.29 is 10.2 Å². The van der Waals surface area contributed by atoms with Gasteiger partial charge in [-0.15, -0.1) is 0 Å². The van der Waals surface area contributed by atoms with Crippen LogP contribution < -0.4 is 0 Å². The van der Waals surface area contributed by atoms with E-state index < -0.39 is 5.60 Å². The first-order valence-corrected chi connectivity index (χ1v) is 13.4. The van der Waals surface area contributed by atoms with E-state index in [0.717, 1.165) is 54.8 Å². The number of hydrogen-bond acceptors (Lipinski definition) is 2. The fraction of sp³-hybridized carbons (Fsp3) is 1.00. The van der Waals surface area contributed by atoms with Gasteiger partial charge in [-0.2, -0.15) is 0 Å². The Labute approximate surface area is 186 Å². The number of aliphatic hydroxyl groups excluding tert-OH is 1. The molecule has 4 rings (SSSR count). The predicted molar refractivity (Wildman–Crippen MR) is 125 cm³/mol. The van der Waals surface area contributed by atoms with E-state index in [0.29, 0.717) is 16.7 Å². The molecule has 2 N–H and O–H groups in total. The van der Waals surface area contributed by atoms with Crippen LogP contribution in [0, 0.1) is 52.3 Å². The van der Waals surface area contributed by atoms with Crippen molar-refractivity contribution in [2.75, 3.05) is 0 Å². The molecular formula is C28H50O2. The molecule has 0 heterocycles. The molecule has 0 spiro atoms. The molecule has 174 valence electrons. The first-order valence-electron chi connectivity index (χ1n) is 13.4. The van der Waals surface area contributed by atoms with Gasteiger partial charge in [0.25, 0.3) is 0 Å². The Kier molecular flexibility index (Phi) is 6.20. The third-order valence-electron chi connectivity index (χ3n) is 11.4. The minimum absolute atomic E-state index is 0.132. The minimum Gasteiger partial charge on any atom is -0.393 e. The second-order valence-corrected chi connectivity index (χ2v) is 13.5. The van der Waals surface area contributed by atoms with Gasteiger partial charge in [-0.1, -0.05) is 34.6 Å². The first kappa shape index (κ1) is 23.1. The monoisotopic (exact) mass is 418 g/mol. The fourth-order valence-corrected chi connectivity index (χ4v) is 9.37. The molecule has 2 heteroatoms. The van der Waals surface area contributed by atoms with Crippen LogP contribution in [-0.4, -0.2) is 21.9 Å². The molecule has 10 atom stereocenters. The Morgan fingerprint density at radius 1 is 0.800 bits per heavy atom. The lowest BCUT2D eigenvalue weighted by molar-refractivity contribution is -0.148. The maximum atomic E-state index is 10.7. The third kappa shape index (κ3) is 3.81. The van der Waals surface area contributed by atoms with E-state index in [1.54, 1.807) is 0 Å². The van der Waals surface area contributed by atoms with Gasteiger partial charge in [0.15, 0.2) is 0 Å². The van der Waals surface area contributed by atoms with Gasteiger partial charge in [-0.05, 0) is 130 Å². The molecule has 0 unspecified atom stereocenters. The SMILES string of the molecule is CC(C)[C@H](O)CC[C@@H](C)[C@H]1CC[C@H]2[C@@H]3CC[C@H]4C[C@@](C)(O)CC[C@]4(C)[C@H]3CC[C@]12C. The molecule has 0 amide bonds. The summed E-state index contributed by atoms with van der Waals surface area (Å²) in [4.78, 5) is 0. The summed E-state index contributed by atoms with van der Waals surface area (Å²) in [5.41, 5.74) is 0.568. The molecule has 0 aromatic heterocycles. The van der Waals surface area contributed by atoms with Crippen LogP contribution in [0.15, 0.2) is 0 Å². The van der Waals surface area contributed by atoms with Gasteiger partial charge < -0.3 is 10.2 Å². The average Bonchev–Trinajstić information content (AvgIpc) is 3.03. The van der Waals surface area contributed by atoms with Crippen molar-refractivity contribution in [3.05, 3.63) is 0 Å². The van der Waals surface area contributed by atoms with E-state index in [2.05, 4.69) is 41.5 Å². The standard InChI is InChI=1S/C28H50O2/c1-18(2)25(29)12-7-19(3)22-10-11-23-21-9-8-20-17-26(4,30)15-16-27(20,5)24(21)13-14-28(22,23)6/h18-25,29-30H,7-17H2,1-6H3/t19-,20+,21+,22-,23+,24+,25-,26+,27+,28-/m1/s1. The highest BCUT2D eigenvalue weighted by atomic mass is 16.3. The van der Waals surface area contributed by atoms with E-state index in [1.165, 1.54) is 51.4 Å². The molecule has 0 aromatic rings. The number of aliphatic hydroxyl groups is 2. The molecule has 0 bridgehead atoms. The molecule has 30 heavy (non-hydrogen) atoms. The van der Waals surface area contributed by atoms with Crippen molar-refractivity contribution in [1.82, 2.24) is 0 Å². The molecule has 4 aliphatic rings. The van der Waals surface area contributed by atoms with Crippen molar-refractivity contribution in [2.45, 2.75) is 124 Å². The van der Waals surface area contributed by atoms with Crippen LogP contribution in [0.1, 0.15) is 112 Å². The quantitative estimate of drug-likeness (QED) is 0.513. The summed E-state index contributed by atoms with van der Waals surface area (Å²) in [6.45, 7) is 14.1. The van der Waals surface area contributed by atoms with Crippen molar-refractivity contribution in [3.8, 4) is 0 Å². The Hall–Kier alpha value is -0.0800. The molecular weight excluding hydrogens is 368 g/mol. The Bertz CT molecular complexity index is 612. The van der Waals surface area contributed by atoms with Gasteiger partial charge >= 0.3 is 0 Å². The highest BCUT2D eigenvalue weighted by Gasteiger charge is 2.61. The smallest absolute Gasteiger partial charge is 0.0622 e. The fourth-order valence-electron chi connectivity index (χ4n) is 9.37. The van der Waals surface area contributed by atoms with E-state index in [9.17, 15) is 10.2 Å². The second-order valence-electron chi connectivity index (χ2n) is 13.5. The molecule has 4 fully saturated rings. The lowest BCUT2D eigenvalue weighted by atomic mass is 9.43. The zero-order chi connectivity index (χ0) is 21.9. The topological polar surface area (TPSA) is 40.5 Å². The van der Waals surface area contributed by atoms with Crippen LogP contribution in [0.25, 0.3) is 0 Å². The predicted octanol–water partition coefficient (Wildman–Crippen LogP) is 6.83. The van der Waals surface area contributed by atoms with E-state index in [4.69, 9.17) is 0 Å². The van der Waals surface area contributed by atoms with E-state index in [-0.39, 0.29) is 6.10 Å². The van der Waals surface area contributed by atoms with Crippen LogP contribution in [0.4, 0.5) is 0 Å². The molecule has 0 aromatic carbocycles. The molecule has 0 aliphatic heterocycles. The number of hydrogen-bond donors (Lipinski definition) is 2. The summed E-state index contributed by atoms with van der Waals surface area (Å²) in [6, 6.07) is 0. The average molecular weight is 419 g/mol. The van der Waals surface area contributed by atoms with Gasteiger partial charge in [0, 0.05) is 0 Å². The van der Waals surface area contributed by atoms with E-state index >= 15 is 0 Å². The third-order valence-corrected chi connectivity index (χ3v) is 11.4. The maximum absolute atomic E-state index is 10.7. The molecule has 4 saturated carbocycles. The maximum Gasteiger partial charge on any atom is 0.0622 e. The van der Waals surface area contributed by atoms with Crippen LogP contribution >= 0.6 is 0 Å². The molecule has 2 nitrogen and oxygen atoms in total. The first-order chi connectivity index (χ1) is 14.0. The second kappa shape index (κ2) is 8.05. The Morgan fingerprint density at radius 3 is 2.20 bits per heavy atom. The highest BCUT2D eigenvalue weighted by Crippen LogP contribution is 2.68. The minimum atomic E-state index is -0.422. The van der Waals surface area contributed by atoms with Crippen molar-refractivity contribution in [2.24, 2.45) is 52.3 Å². The lowest BCUT2D eigenvalue weighted by Crippen LogP contribution is -2.55. The van der Waals surface area contributed by atoms with Crippen molar-refractivity contribution in [1.29, 1.82) is 0 Å².